The van der Waals surface area contributed by atoms with Crippen LogP contribution in [0.4, 0.5) is 0 Å². The average Bonchev–Trinajstić information content (AvgIpc) is 3.00. The number of esters is 1. The summed E-state index contributed by atoms with van der Waals surface area (Å²) in [6.07, 6.45) is 1.81. The number of rotatable bonds is 1. The first-order valence-corrected chi connectivity index (χ1v) is 7.60. The lowest BCUT2D eigenvalue weighted by molar-refractivity contribution is 0.0715. The Morgan fingerprint density at radius 1 is 1.18 bits per heavy atom. The van der Waals surface area contributed by atoms with Crippen LogP contribution in [0.5, 0.6) is 0 Å². The van der Waals surface area contributed by atoms with Gasteiger partial charge in [-0.1, -0.05) is 18.2 Å². The third-order valence-corrected chi connectivity index (χ3v) is 4.62. The number of cyclic esters (lactones) is 1. The maximum atomic E-state index is 11.9. The van der Waals surface area contributed by atoms with Crippen molar-refractivity contribution in [1.29, 1.82) is 0 Å². The number of fused-ring (bicyclic) bond motifs is 2. The zero-order valence-electron chi connectivity index (χ0n) is 11.7. The standard InChI is InChI=1S/C17H11NO3S/c1-9-6-12-13(21-17(20)15(12)16(19)18-9)8-11-7-10-4-2-3-5-14(10)22-11/h2-8H,1H3,(H,18,19)/b13-8-. The van der Waals surface area contributed by atoms with Gasteiger partial charge >= 0.3 is 5.97 Å². The van der Waals surface area contributed by atoms with Crippen molar-refractivity contribution in [2.24, 2.45) is 0 Å². The molecule has 108 valence electrons. The van der Waals surface area contributed by atoms with Crippen LogP contribution in [0.3, 0.4) is 0 Å². The molecule has 0 spiro atoms. The molecule has 0 atom stereocenters. The SMILES string of the molecule is Cc1cc2c(c(=O)[nH]1)C(=O)O/C2=C\c1cc2ccccc2s1. The largest absolute Gasteiger partial charge is 0.422 e. The average molecular weight is 309 g/mol. The van der Waals surface area contributed by atoms with E-state index < -0.39 is 11.5 Å². The number of thiophene rings is 1. The molecule has 0 aliphatic carbocycles. The molecule has 0 saturated carbocycles. The first-order valence-electron chi connectivity index (χ1n) is 6.78. The molecule has 0 unspecified atom stereocenters. The Morgan fingerprint density at radius 3 is 2.82 bits per heavy atom. The zero-order valence-corrected chi connectivity index (χ0v) is 12.5. The van der Waals surface area contributed by atoms with Gasteiger partial charge in [-0.2, -0.15) is 0 Å². The molecule has 0 bridgehead atoms. The van der Waals surface area contributed by atoms with Crippen LogP contribution in [0.2, 0.25) is 0 Å². The van der Waals surface area contributed by atoms with Crippen LogP contribution in [0.15, 0.2) is 41.2 Å². The molecule has 1 N–H and O–H groups in total. The number of aromatic nitrogens is 1. The quantitative estimate of drug-likeness (QED) is 0.699. The Kier molecular flexibility index (Phi) is 2.77. The van der Waals surface area contributed by atoms with Crippen LogP contribution in [-0.2, 0) is 4.74 Å². The predicted molar refractivity (Wildman–Crippen MR) is 86.9 cm³/mol. The summed E-state index contributed by atoms with van der Waals surface area (Å²) in [5.41, 5.74) is 0.936. The number of aromatic amines is 1. The van der Waals surface area contributed by atoms with Gasteiger partial charge in [0.05, 0.1) is 0 Å². The van der Waals surface area contributed by atoms with Crippen LogP contribution in [0.25, 0.3) is 21.9 Å². The third kappa shape index (κ3) is 1.98. The van der Waals surface area contributed by atoms with Crippen molar-refractivity contribution in [3.8, 4) is 0 Å². The van der Waals surface area contributed by atoms with E-state index in [1.54, 1.807) is 24.3 Å². The molecule has 0 amide bonds. The normalized spacial score (nSPS) is 15.3. The monoisotopic (exact) mass is 309 g/mol. The zero-order chi connectivity index (χ0) is 15.3. The summed E-state index contributed by atoms with van der Waals surface area (Å²) in [6.45, 7) is 1.78. The van der Waals surface area contributed by atoms with Gasteiger partial charge in [0.15, 0.2) is 0 Å². The lowest BCUT2D eigenvalue weighted by Crippen LogP contribution is -2.16. The van der Waals surface area contributed by atoms with Crippen molar-refractivity contribution in [2.75, 3.05) is 0 Å². The molecule has 1 aliphatic heterocycles. The Labute approximate surface area is 129 Å². The van der Waals surface area contributed by atoms with Gasteiger partial charge in [0.2, 0.25) is 0 Å². The van der Waals surface area contributed by atoms with E-state index in [1.807, 2.05) is 36.4 Å². The van der Waals surface area contributed by atoms with Gasteiger partial charge in [0, 0.05) is 20.8 Å². The van der Waals surface area contributed by atoms with Crippen molar-refractivity contribution in [1.82, 2.24) is 4.98 Å². The molecule has 4 nitrogen and oxygen atoms in total. The van der Waals surface area contributed by atoms with Crippen molar-refractivity contribution in [3.63, 3.8) is 0 Å². The van der Waals surface area contributed by atoms with E-state index in [-0.39, 0.29) is 5.56 Å². The van der Waals surface area contributed by atoms with E-state index in [1.165, 1.54) is 4.70 Å². The fourth-order valence-corrected chi connectivity index (χ4v) is 3.60. The van der Waals surface area contributed by atoms with Gasteiger partial charge < -0.3 is 9.72 Å². The van der Waals surface area contributed by atoms with E-state index in [0.29, 0.717) is 17.0 Å². The van der Waals surface area contributed by atoms with Crippen LogP contribution < -0.4 is 5.56 Å². The smallest absolute Gasteiger partial charge is 0.349 e. The maximum absolute atomic E-state index is 11.9. The summed E-state index contributed by atoms with van der Waals surface area (Å²) in [4.78, 5) is 27.4. The fraction of sp³-hybridized carbons (Fsp3) is 0.0588. The molecular weight excluding hydrogens is 298 g/mol. The summed E-state index contributed by atoms with van der Waals surface area (Å²) in [6, 6.07) is 11.9. The number of hydrogen-bond acceptors (Lipinski definition) is 4. The summed E-state index contributed by atoms with van der Waals surface area (Å²) >= 11 is 1.61. The van der Waals surface area contributed by atoms with E-state index in [0.717, 1.165) is 10.3 Å². The number of nitrogens with one attached hydrogen (secondary N) is 1. The summed E-state index contributed by atoms with van der Waals surface area (Å²) in [5, 5.41) is 1.14. The first kappa shape index (κ1) is 13.0. The number of carbonyl (C=O) groups excluding carboxylic acids is 1. The predicted octanol–water partition coefficient (Wildman–Crippen LogP) is 3.57. The minimum absolute atomic E-state index is 0.0814. The highest BCUT2D eigenvalue weighted by molar-refractivity contribution is 7.19. The number of carbonyl (C=O) groups is 1. The summed E-state index contributed by atoms with van der Waals surface area (Å²) in [7, 11) is 0. The first-order chi connectivity index (χ1) is 10.6. The van der Waals surface area contributed by atoms with Crippen molar-refractivity contribution >= 4 is 39.2 Å². The molecule has 1 aromatic carbocycles. The lowest BCUT2D eigenvalue weighted by atomic mass is 10.1. The second-order valence-corrected chi connectivity index (χ2v) is 6.27. The van der Waals surface area contributed by atoms with E-state index in [9.17, 15) is 9.59 Å². The molecule has 0 saturated heterocycles. The topological polar surface area (TPSA) is 59.2 Å². The Balaban J connectivity index is 1.88. The molecular formula is C17H11NO3S. The molecule has 1 aliphatic rings. The van der Waals surface area contributed by atoms with Crippen LogP contribution in [-0.4, -0.2) is 11.0 Å². The van der Waals surface area contributed by atoms with Crippen LogP contribution in [0.1, 0.15) is 26.5 Å². The molecule has 5 heteroatoms. The van der Waals surface area contributed by atoms with Gasteiger partial charge in [-0.3, -0.25) is 4.79 Å². The number of pyridine rings is 1. The molecule has 22 heavy (non-hydrogen) atoms. The van der Waals surface area contributed by atoms with Crippen LogP contribution >= 0.6 is 11.3 Å². The Bertz CT molecular complexity index is 977. The van der Waals surface area contributed by atoms with E-state index >= 15 is 0 Å². The minimum Gasteiger partial charge on any atom is -0.422 e. The lowest BCUT2D eigenvalue weighted by Gasteiger charge is -1.98. The van der Waals surface area contributed by atoms with E-state index in [2.05, 4.69) is 4.98 Å². The third-order valence-electron chi connectivity index (χ3n) is 3.56. The Morgan fingerprint density at radius 2 is 2.00 bits per heavy atom. The van der Waals surface area contributed by atoms with E-state index in [4.69, 9.17) is 4.74 Å². The van der Waals surface area contributed by atoms with Gasteiger partial charge in [0.1, 0.15) is 11.3 Å². The maximum Gasteiger partial charge on any atom is 0.349 e. The highest BCUT2D eigenvalue weighted by Gasteiger charge is 2.30. The van der Waals surface area contributed by atoms with Crippen molar-refractivity contribution < 1.29 is 9.53 Å². The highest BCUT2D eigenvalue weighted by Crippen LogP contribution is 2.33. The number of hydrogen-bond donors (Lipinski definition) is 1. The molecule has 2 aromatic heterocycles. The number of H-pyrrole nitrogens is 1. The summed E-state index contributed by atoms with van der Waals surface area (Å²) in [5.74, 6) is -0.163. The van der Waals surface area contributed by atoms with Crippen molar-refractivity contribution in [2.45, 2.75) is 6.92 Å². The number of benzene rings is 1. The second kappa shape index (κ2) is 4.68. The Hall–Kier alpha value is -2.66. The van der Waals surface area contributed by atoms with Crippen LogP contribution in [0, 0.1) is 6.92 Å². The second-order valence-electron chi connectivity index (χ2n) is 5.15. The molecule has 3 heterocycles. The molecule has 4 rings (SSSR count). The molecule has 0 radical (unpaired) electrons. The number of ether oxygens (including phenoxy) is 1. The summed E-state index contributed by atoms with van der Waals surface area (Å²) < 4.78 is 6.44. The molecule has 0 fully saturated rings. The minimum atomic E-state index is -0.594. The highest BCUT2D eigenvalue weighted by atomic mass is 32.1. The molecule has 3 aromatic rings. The van der Waals surface area contributed by atoms with Gasteiger partial charge in [0.25, 0.3) is 5.56 Å². The van der Waals surface area contributed by atoms with Gasteiger partial charge in [-0.05, 0) is 36.6 Å². The number of aryl methyl sites for hydroxylation is 1. The van der Waals surface area contributed by atoms with Gasteiger partial charge in [-0.25, -0.2) is 4.79 Å². The van der Waals surface area contributed by atoms with Crippen molar-refractivity contribution in [3.05, 3.63) is 68.4 Å². The van der Waals surface area contributed by atoms with Gasteiger partial charge in [-0.15, -0.1) is 11.3 Å². The fourth-order valence-electron chi connectivity index (χ4n) is 2.60.